The van der Waals surface area contributed by atoms with Crippen molar-refractivity contribution >= 4 is 27.2 Å². The molecule has 0 radical (unpaired) electrons. The number of oxazole rings is 1. The number of hydrogen-bond donors (Lipinski definition) is 3. The number of nitrogens with zero attached hydrogens (tertiary/aromatic N) is 2. The molecule has 1 aliphatic heterocycles. The molecule has 3 N–H and O–H groups in total. The summed E-state index contributed by atoms with van der Waals surface area (Å²) >= 11 is 0. The fourth-order valence-corrected chi connectivity index (χ4v) is 5.61. The fourth-order valence-electron chi connectivity index (χ4n) is 4.51. The van der Waals surface area contributed by atoms with E-state index in [9.17, 15) is 12.8 Å². The molecule has 0 saturated heterocycles. The smallest absolute Gasteiger partial charge is 0.233 e. The zero-order valence-electron chi connectivity index (χ0n) is 18.0. The number of H-pyrrole nitrogens is 1. The lowest BCUT2D eigenvalue weighted by Gasteiger charge is -2.20. The van der Waals surface area contributed by atoms with Crippen molar-refractivity contribution in [2.45, 2.75) is 57.3 Å². The van der Waals surface area contributed by atoms with Gasteiger partial charge in [0, 0.05) is 35.1 Å². The summed E-state index contributed by atoms with van der Waals surface area (Å²) in [5, 5.41) is 10.4. The van der Waals surface area contributed by atoms with E-state index < -0.39 is 15.8 Å². The predicted octanol–water partition coefficient (Wildman–Crippen LogP) is 4.75. The Kier molecular flexibility index (Phi) is 5.19. The minimum absolute atomic E-state index is 0.126. The van der Waals surface area contributed by atoms with E-state index >= 15 is 0 Å². The molecule has 170 valence electrons. The van der Waals surface area contributed by atoms with E-state index in [1.165, 1.54) is 6.07 Å². The zero-order valence-corrected chi connectivity index (χ0v) is 18.8. The van der Waals surface area contributed by atoms with Gasteiger partial charge < -0.3 is 9.73 Å². The molecular formula is C22H26FN5O3S. The molecule has 3 aromatic rings. The third-order valence-electron chi connectivity index (χ3n) is 6.32. The molecule has 0 amide bonds. The van der Waals surface area contributed by atoms with Crippen LogP contribution in [0.1, 0.15) is 73.8 Å². The highest BCUT2D eigenvalue weighted by Crippen LogP contribution is 2.43. The number of benzene rings is 1. The van der Waals surface area contributed by atoms with Crippen LogP contribution in [0.15, 0.2) is 28.8 Å². The minimum atomic E-state index is -3.38. The van der Waals surface area contributed by atoms with Gasteiger partial charge in [0.15, 0.2) is 17.5 Å². The largest absolute Gasteiger partial charge is 0.445 e. The topological polar surface area (TPSA) is 113 Å². The van der Waals surface area contributed by atoms with E-state index in [0.717, 1.165) is 36.6 Å². The molecule has 2 aliphatic rings. The van der Waals surface area contributed by atoms with Gasteiger partial charge in [0.25, 0.3) is 0 Å². The molecule has 2 unspecified atom stereocenters. The maximum Gasteiger partial charge on any atom is 0.233 e. The van der Waals surface area contributed by atoms with Crippen LogP contribution in [-0.4, -0.2) is 29.4 Å². The fraction of sp³-hybridized carbons (Fsp3) is 0.455. The van der Waals surface area contributed by atoms with Crippen LogP contribution in [-0.2, 0) is 16.4 Å². The molecule has 0 bridgehead atoms. The van der Waals surface area contributed by atoms with Crippen molar-refractivity contribution in [1.82, 2.24) is 15.2 Å². The van der Waals surface area contributed by atoms with Crippen molar-refractivity contribution in [3.8, 4) is 0 Å². The van der Waals surface area contributed by atoms with Gasteiger partial charge in [-0.05, 0) is 37.8 Å². The lowest BCUT2D eigenvalue weighted by atomic mass is 10.0. The summed E-state index contributed by atoms with van der Waals surface area (Å²) < 4.78 is 46.7. The second-order valence-electron chi connectivity index (χ2n) is 8.92. The van der Waals surface area contributed by atoms with Crippen molar-refractivity contribution in [1.29, 1.82) is 0 Å². The van der Waals surface area contributed by atoms with Gasteiger partial charge >= 0.3 is 0 Å². The molecule has 1 aromatic carbocycles. The van der Waals surface area contributed by atoms with Crippen LogP contribution in [0.3, 0.4) is 0 Å². The molecule has 2 atom stereocenters. The number of aromatic amines is 1. The average molecular weight is 460 g/mol. The number of halogens is 1. The van der Waals surface area contributed by atoms with Crippen LogP contribution < -0.4 is 10.0 Å². The van der Waals surface area contributed by atoms with Gasteiger partial charge in [0.2, 0.25) is 10.0 Å². The van der Waals surface area contributed by atoms with Crippen LogP contribution >= 0.6 is 0 Å². The monoisotopic (exact) mass is 459 g/mol. The third-order valence-corrected chi connectivity index (χ3v) is 7.59. The first kappa shape index (κ1) is 21.0. The van der Waals surface area contributed by atoms with Gasteiger partial charge in [-0.2, -0.15) is 5.10 Å². The maximum absolute atomic E-state index is 14.9. The molecule has 1 fully saturated rings. The molecule has 1 aliphatic carbocycles. The third kappa shape index (κ3) is 3.99. The minimum Gasteiger partial charge on any atom is -0.445 e. The summed E-state index contributed by atoms with van der Waals surface area (Å²) in [6, 6.07) is 5.01. The van der Waals surface area contributed by atoms with Gasteiger partial charge in [-0.15, -0.1) is 0 Å². The molecule has 1 saturated carbocycles. The van der Waals surface area contributed by atoms with Gasteiger partial charge in [0.1, 0.15) is 5.76 Å². The average Bonchev–Trinajstić information content (AvgIpc) is 3.49. The van der Waals surface area contributed by atoms with Crippen LogP contribution in [0.25, 0.3) is 0 Å². The number of fused-ring (bicyclic) bond motifs is 1. The Hall–Kier alpha value is -2.88. The number of anilines is 3. The second-order valence-corrected chi connectivity index (χ2v) is 10.8. The lowest BCUT2D eigenvalue weighted by Crippen LogP contribution is -2.25. The van der Waals surface area contributed by atoms with Crippen molar-refractivity contribution in [3.63, 3.8) is 0 Å². The molecule has 3 heterocycles. The van der Waals surface area contributed by atoms with Gasteiger partial charge in [-0.3, -0.25) is 9.82 Å². The Balaban J connectivity index is 1.28. The standard InChI is InChI=1S/C22H26FN5O3S/c1-12(2)19-11-24-22(31-19)14-4-3-13(9-14)18-10-20(27-26-18)25-17-6-5-16-15(21(17)23)7-8-32(29,30)28-16/h5-6,10-14,28H,3-4,7-9H2,1-2H3,(H2,25,26,27). The highest BCUT2D eigenvalue weighted by molar-refractivity contribution is 7.92. The maximum atomic E-state index is 14.9. The lowest BCUT2D eigenvalue weighted by molar-refractivity contribution is 0.406. The number of aromatic nitrogens is 3. The first-order valence-corrected chi connectivity index (χ1v) is 12.5. The first-order valence-electron chi connectivity index (χ1n) is 10.9. The Labute approximate surface area is 186 Å². The summed E-state index contributed by atoms with van der Waals surface area (Å²) in [4.78, 5) is 4.47. The Bertz CT molecular complexity index is 1250. The van der Waals surface area contributed by atoms with E-state index in [0.29, 0.717) is 28.9 Å². The number of rotatable bonds is 5. The van der Waals surface area contributed by atoms with Crippen molar-refractivity contribution in [2.24, 2.45) is 0 Å². The second kappa shape index (κ2) is 7.91. The van der Waals surface area contributed by atoms with E-state index in [1.54, 1.807) is 6.07 Å². The van der Waals surface area contributed by atoms with Gasteiger partial charge in [-0.25, -0.2) is 17.8 Å². The molecule has 2 aromatic heterocycles. The number of hydrogen-bond acceptors (Lipinski definition) is 6. The van der Waals surface area contributed by atoms with Gasteiger partial charge in [-0.1, -0.05) is 13.8 Å². The molecular weight excluding hydrogens is 433 g/mol. The summed E-state index contributed by atoms with van der Waals surface area (Å²) in [6.45, 7) is 4.18. The zero-order chi connectivity index (χ0) is 22.5. The number of nitrogens with one attached hydrogen (secondary N) is 3. The molecule has 0 spiro atoms. The van der Waals surface area contributed by atoms with Crippen LogP contribution in [0.5, 0.6) is 0 Å². The van der Waals surface area contributed by atoms with Crippen LogP contribution in [0, 0.1) is 5.82 Å². The molecule has 8 nitrogen and oxygen atoms in total. The van der Waals surface area contributed by atoms with Crippen LogP contribution in [0.4, 0.5) is 21.6 Å². The quantitative estimate of drug-likeness (QED) is 0.507. The van der Waals surface area contributed by atoms with Crippen molar-refractivity contribution in [2.75, 3.05) is 15.8 Å². The highest BCUT2D eigenvalue weighted by Gasteiger charge is 2.31. The normalized spacial score (nSPS) is 22.0. The summed E-state index contributed by atoms with van der Waals surface area (Å²) in [6.07, 6.45) is 4.89. The summed E-state index contributed by atoms with van der Waals surface area (Å²) in [7, 11) is -3.38. The van der Waals surface area contributed by atoms with E-state index in [1.807, 2.05) is 12.3 Å². The molecule has 10 heteroatoms. The van der Waals surface area contributed by atoms with E-state index in [2.05, 4.69) is 39.1 Å². The Morgan fingerprint density at radius 1 is 1.25 bits per heavy atom. The number of sulfonamides is 1. The van der Waals surface area contributed by atoms with Crippen molar-refractivity contribution in [3.05, 3.63) is 53.1 Å². The molecule has 32 heavy (non-hydrogen) atoms. The van der Waals surface area contributed by atoms with Crippen molar-refractivity contribution < 1.29 is 17.2 Å². The Morgan fingerprint density at radius 2 is 2.06 bits per heavy atom. The predicted molar refractivity (Wildman–Crippen MR) is 119 cm³/mol. The Morgan fingerprint density at radius 3 is 2.84 bits per heavy atom. The SMILES string of the molecule is CC(C)c1cnc(C2CCC(c3cc(Nc4ccc5c(c4F)CCS(=O)(=O)N5)n[nH]3)C2)o1. The summed E-state index contributed by atoms with van der Waals surface area (Å²) in [5.41, 5.74) is 1.93. The molecule has 5 rings (SSSR count). The highest BCUT2D eigenvalue weighted by atomic mass is 32.2. The van der Waals surface area contributed by atoms with E-state index in [-0.39, 0.29) is 23.8 Å². The van der Waals surface area contributed by atoms with Gasteiger partial charge in [0.05, 0.1) is 23.3 Å². The first-order chi connectivity index (χ1) is 15.3. The summed E-state index contributed by atoms with van der Waals surface area (Å²) in [5.74, 6) is 2.57. The van der Waals surface area contributed by atoms with Crippen LogP contribution in [0.2, 0.25) is 0 Å². The van der Waals surface area contributed by atoms with E-state index in [4.69, 9.17) is 4.42 Å².